The Bertz CT molecular complexity index is 1230. The molecule has 0 spiro atoms. The first-order valence-corrected chi connectivity index (χ1v) is 12.1. The fraction of sp³-hybridized carbons (Fsp3) is 0.474. The van der Waals surface area contributed by atoms with Crippen molar-refractivity contribution in [3.8, 4) is 11.4 Å². The van der Waals surface area contributed by atoms with Gasteiger partial charge in [0.25, 0.3) is 12.9 Å². The Labute approximate surface area is 181 Å². The van der Waals surface area contributed by atoms with Gasteiger partial charge in [-0.1, -0.05) is 0 Å². The zero-order chi connectivity index (χ0) is 23.0. The highest BCUT2D eigenvalue weighted by Crippen LogP contribution is 2.31. The number of halogens is 4. The van der Waals surface area contributed by atoms with Crippen molar-refractivity contribution < 1.29 is 21.8 Å². The molecule has 1 aliphatic rings. The second-order valence-corrected chi connectivity index (χ2v) is 10.3. The SMILES string of the molecule is CS(C)(=O)=NC1CCCN(c2cc(-c3cnc4ccc(C(F)F)nn34)ncn2)C1C(F)F. The number of aromatic nitrogens is 5. The Balaban J connectivity index is 1.75. The standard InChI is InChI=1S/C19H21F4N7OS/c1-32(2,31)28-11-4-3-7-29(17(11)19(22)23)16-8-13(25-10-26-16)14-9-24-15-6-5-12(18(20)21)27-30(14)15/h5-6,8-11,17-19H,3-4,7H2,1-2H3. The van der Waals surface area contributed by atoms with E-state index in [0.717, 1.165) is 0 Å². The van der Waals surface area contributed by atoms with E-state index in [9.17, 15) is 21.8 Å². The van der Waals surface area contributed by atoms with E-state index in [2.05, 4.69) is 24.4 Å². The van der Waals surface area contributed by atoms with Crippen molar-refractivity contribution in [2.45, 2.75) is 37.8 Å². The molecule has 1 fully saturated rings. The molecule has 1 aliphatic heterocycles. The van der Waals surface area contributed by atoms with E-state index in [1.807, 2.05) is 0 Å². The summed E-state index contributed by atoms with van der Waals surface area (Å²) in [6.45, 7) is 0.313. The Hall–Kier alpha value is -2.83. The number of rotatable bonds is 5. The Morgan fingerprint density at radius 3 is 2.62 bits per heavy atom. The van der Waals surface area contributed by atoms with Crippen LogP contribution in [0.5, 0.6) is 0 Å². The van der Waals surface area contributed by atoms with Crippen molar-refractivity contribution in [3.63, 3.8) is 0 Å². The molecule has 4 rings (SSSR count). The summed E-state index contributed by atoms with van der Waals surface area (Å²) in [5, 5.41) is 3.91. The molecule has 0 saturated carbocycles. The number of hydrogen-bond donors (Lipinski definition) is 0. The van der Waals surface area contributed by atoms with Crippen LogP contribution in [-0.2, 0) is 9.73 Å². The van der Waals surface area contributed by atoms with Crippen LogP contribution in [0.1, 0.15) is 25.0 Å². The molecule has 0 bridgehead atoms. The minimum atomic E-state index is -2.76. The van der Waals surface area contributed by atoms with Crippen molar-refractivity contribution in [2.24, 2.45) is 4.36 Å². The van der Waals surface area contributed by atoms with Gasteiger partial charge in [0.15, 0.2) is 5.65 Å². The first-order chi connectivity index (χ1) is 15.1. The second-order valence-electron chi connectivity index (χ2n) is 7.75. The quantitative estimate of drug-likeness (QED) is 0.530. The summed E-state index contributed by atoms with van der Waals surface area (Å²) < 4.78 is 71.8. The Morgan fingerprint density at radius 1 is 1.16 bits per heavy atom. The van der Waals surface area contributed by atoms with Crippen molar-refractivity contribution in [1.29, 1.82) is 0 Å². The Morgan fingerprint density at radius 2 is 1.94 bits per heavy atom. The molecule has 172 valence electrons. The number of alkyl halides is 4. The first-order valence-electron chi connectivity index (χ1n) is 9.80. The fourth-order valence-electron chi connectivity index (χ4n) is 3.83. The molecule has 0 aromatic carbocycles. The van der Waals surface area contributed by atoms with Gasteiger partial charge in [-0.2, -0.15) is 5.10 Å². The summed E-state index contributed by atoms with van der Waals surface area (Å²) in [4.78, 5) is 13.9. The third-order valence-corrected chi connectivity index (χ3v) is 5.89. The van der Waals surface area contributed by atoms with Gasteiger partial charge in [-0.15, -0.1) is 0 Å². The number of fused-ring (bicyclic) bond motifs is 1. The van der Waals surface area contributed by atoms with Crippen molar-refractivity contribution in [1.82, 2.24) is 24.6 Å². The molecule has 3 aromatic rings. The van der Waals surface area contributed by atoms with Crippen LogP contribution in [0.3, 0.4) is 0 Å². The van der Waals surface area contributed by atoms with E-state index in [0.29, 0.717) is 36.4 Å². The molecule has 8 nitrogen and oxygen atoms in total. The van der Waals surface area contributed by atoms with Crippen molar-refractivity contribution in [2.75, 3.05) is 24.0 Å². The summed E-state index contributed by atoms with van der Waals surface area (Å²) in [5.74, 6) is 0.235. The summed E-state index contributed by atoms with van der Waals surface area (Å²) in [5.41, 5.74) is 0.533. The summed E-state index contributed by atoms with van der Waals surface area (Å²) in [6, 6.07) is 1.99. The second kappa shape index (κ2) is 8.60. The van der Waals surface area contributed by atoms with Crippen LogP contribution in [-0.4, -0.2) is 66.3 Å². The number of nitrogens with zero attached hydrogens (tertiary/aromatic N) is 7. The zero-order valence-electron chi connectivity index (χ0n) is 17.3. The lowest BCUT2D eigenvalue weighted by molar-refractivity contribution is 0.0911. The highest BCUT2D eigenvalue weighted by Gasteiger charge is 2.39. The molecule has 0 N–H and O–H groups in total. The van der Waals surface area contributed by atoms with Crippen LogP contribution >= 0.6 is 0 Å². The van der Waals surface area contributed by atoms with Gasteiger partial charge in [-0.25, -0.2) is 41.4 Å². The lowest BCUT2D eigenvalue weighted by Crippen LogP contribution is -2.52. The number of hydrogen-bond acceptors (Lipinski definition) is 7. The van der Waals surface area contributed by atoms with Gasteiger partial charge < -0.3 is 4.90 Å². The predicted octanol–water partition coefficient (Wildman–Crippen LogP) is 3.45. The van der Waals surface area contributed by atoms with Gasteiger partial charge in [0.05, 0.1) is 17.9 Å². The molecule has 2 unspecified atom stereocenters. The van der Waals surface area contributed by atoms with Crippen LogP contribution in [0.2, 0.25) is 0 Å². The minimum Gasteiger partial charge on any atom is -0.346 e. The molecule has 13 heteroatoms. The highest BCUT2D eigenvalue weighted by molar-refractivity contribution is 7.92. The monoisotopic (exact) mass is 471 g/mol. The molecular weight excluding hydrogens is 450 g/mol. The number of imidazole rings is 1. The molecule has 0 radical (unpaired) electrons. The zero-order valence-corrected chi connectivity index (χ0v) is 18.1. The molecule has 32 heavy (non-hydrogen) atoms. The van der Waals surface area contributed by atoms with E-state index in [-0.39, 0.29) is 5.82 Å². The molecular formula is C19H21F4N7OS. The maximum absolute atomic E-state index is 14.1. The maximum Gasteiger partial charge on any atom is 0.282 e. The molecule has 1 saturated heterocycles. The van der Waals surface area contributed by atoms with Crippen LogP contribution in [0.4, 0.5) is 23.4 Å². The number of anilines is 1. The van der Waals surface area contributed by atoms with Crippen molar-refractivity contribution >= 4 is 21.2 Å². The van der Waals surface area contributed by atoms with Crippen LogP contribution in [0, 0.1) is 0 Å². The average molecular weight is 471 g/mol. The molecule has 3 aromatic heterocycles. The lowest BCUT2D eigenvalue weighted by Gasteiger charge is -2.39. The summed E-state index contributed by atoms with van der Waals surface area (Å²) >= 11 is 0. The van der Waals surface area contributed by atoms with E-state index < -0.39 is 40.4 Å². The molecule has 2 atom stereocenters. The largest absolute Gasteiger partial charge is 0.346 e. The highest BCUT2D eigenvalue weighted by atomic mass is 32.2. The van der Waals surface area contributed by atoms with E-state index in [1.54, 1.807) is 0 Å². The van der Waals surface area contributed by atoms with Gasteiger partial charge >= 0.3 is 0 Å². The van der Waals surface area contributed by atoms with Gasteiger partial charge in [-0.05, 0) is 25.0 Å². The molecule has 4 heterocycles. The maximum atomic E-state index is 14.1. The average Bonchev–Trinajstić information content (AvgIpc) is 3.15. The van der Waals surface area contributed by atoms with Gasteiger partial charge in [-0.3, -0.25) is 4.21 Å². The van der Waals surface area contributed by atoms with Crippen molar-refractivity contribution in [3.05, 3.63) is 36.4 Å². The Kier molecular flexibility index (Phi) is 6.01. The first kappa shape index (κ1) is 22.4. The normalized spacial score (nSPS) is 19.8. The third kappa shape index (κ3) is 4.52. The summed E-state index contributed by atoms with van der Waals surface area (Å²) in [7, 11) is -2.57. The van der Waals surface area contributed by atoms with E-state index in [4.69, 9.17) is 0 Å². The van der Waals surface area contributed by atoms with Crippen LogP contribution in [0.25, 0.3) is 17.0 Å². The predicted molar refractivity (Wildman–Crippen MR) is 112 cm³/mol. The van der Waals surface area contributed by atoms with Crippen LogP contribution < -0.4 is 4.90 Å². The topological polar surface area (TPSA) is 88.6 Å². The minimum absolute atomic E-state index is 0.235. The smallest absolute Gasteiger partial charge is 0.282 e. The number of piperidine rings is 1. The van der Waals surface area contributed by atoms with E-state index in [1.165, 1.54) is 52.7 Å². The lowest BCUT2D eigenvalue weighted by atomic mass is 9.97. The molecule has 0 aliphatic carbocycles. The molecule has 0 amide bonds. The van der Waals surface area contributed by atoms with Crippen LogP contribution in [0.15, 0.2) is 35.1 Å². The summed E-state index contributed by atoms with van der Waals surface area (Å²) in [6.07, 6.45) is 0.945. The fourth-order valence-corrected chi connectivity index (χ4v) is 4.72. The van der Waals surface area contributed by atoms with Gasteiger partial charge in [0.2, 0.25) is 0 Å². The van der Waals surface area contributed by atoms with E-state index >= 15 is 0 Å². The van der Waals surface area contributed by atoms with Gasteiger partial charge in [0, 0.05) is 34.9 Å². The third-order valence-electron chi connectivity index (χ3n) is 5.12. The van der Waals surface area contributed by atoms with Gasteiger partial charge in [0.1, 0.15) is 29.6 Å².